The van der Waals surface area contributed by atoms with Gasteiger partial charge >= 0.3 is 6.09 Å². The number of hydrogen-bond donors (Lipinski definition) is 1. The van der Waals surface area contributed by atoms with Crippen molar-refractivity contribution in [3.63, 3.8) is 0 Å². The predicted molar refractivity (Wildman–Crippen MR) is 111 cm³/mol. The van der Waals surface area contributed by atoms with Gasteiger partial charge in [0.05, 0.1) is 5.69 Å². The highest BCUT2D eigenvalue weighted by Gasteiger charge is 2.41. The highest BCUT2D eigenvalue weighted by Crippen LogP contribution is 2.52. The lowest BCUT2D eigenvalue weighted by Crippen LogP contribution is -2.35. The second kappa shape index (κ2) is 8.88. The lowest BCUT2D eigenvalue weighted by atomic mass is 9.69. The fraction of sp³-hybridized carbons (Fsp3) is 0.783. The van der Waals surface area contributed by atoms with E-state index < -0.39 is 11.7 Å². The summed E-state index contributed by atoms with van der Waals surface area (Å²) in [6, 6.07) is 0. The first-order valence-corrected chi connectivity index (χ1v) is 11.1. The first-order valence-electron chi connectivity index (χ1n) is 11.1. The van der Waals surface area contributed by atoms with Gasteiger partial charge in [0.2, 0.25) is 0 Å². The van der Waals surface area contributed by atoms with E-state index in [1.54, 1.807) is 0 Å². The van der Waals surface area contributed by atoms with Gasteiger partial charge in [-0.3, -0.25) is 0 Å². The Morgan fingerprint density at radius 3 is 2.52 bits per heavy atom. The average molecular weight is 405 g/mol. The normalized spacial score (nSPS) is 22.8. The molecule has 0 radical (unpaired) electrons. The van der Waals surface area contributed by atoms with Crippen molar-refractivity contribution in [1.29, 1.82) is 0 Å². The quantitative estimate of drug-likeness (QED) is 0.566. The number of alkyl carbamates (subject to hydrolysis) is 1. The molecule has 2 saturated carbocycles. The van der Waals surface area contributed by atoms with Crippen LogP contribution in [0, 0.1) is 11.8 Å². The molecule has 1 aromatic rings. The van der Waals surface area contributed by atoms with Crippen molar-refractivity contribution in [1.82, 2.24) is 10.5 Å². The zero-order valence-corrected chi connectivity index (χ0v) is 18.5. The summed E-state index contributed by atoms with van der Waals surface area (Å²) in [6.45, 7) is 10.4. The molecule has 6 heteroatoms. The number of rotatable bonds is 9. The van der Waals surface area contributed by atoms with Gasteiger partial charge in [0.25, 0.3) is 0 Å². The Hall–Kier alpha value is -1.85. The minimum atomic E-state index is -0.554. The van der Waals surface area contributed by atoms with Gasteiger partial charge in [0, 0.05) is 30.4 Å². The van der Waals surface area contributed by atoms with Crippen LogP contribution in [0.3, 0.4) is 0 Å². The molecular weight excluding hydrogens is 368 g/mol. The molecule has 2 aliphatic rings. The molecule has 1 amide bonds. The van der Waals surface area contributed by atoms with Crippen LogP contribution in [-0.4, -0.2) is 29.7 Å². The molecule has 6 nitrogen and oxygen atoms in total. The minimum absolute atomic E-state index is 0.181. The van der Waals surface area contributed by atoms with Crippen LogP contribution in [0.25, 0.3) is 0 Å². The molecule has 1 N–H and O–H groups in total. The number of nitrogens with one attached hydrogen (secondary N) is 1. The van der Waals surface area contributed by atoms with E-state index in [1.165, 1.54) is 24.8 Å². The van der Waals surface area contributed by atoms with E-state index in [4.69, 9.17) is 9.26 Å². The molecule has 0 aromatic carbocycles. The Balaban J connectivity index is 1.70. The summed E-state index contributed by atoms with van der Waals surface area (Å²) in [5, 5.41) is 7.21. The summed E-state index contributed by atoms with van der Waals surface area (Å²) < 4.78 is 11.2. The fourth-order valence-corrected chi connectivity index (χ4v) is 4.43. The maximum absolute atomic E-state index is 12.1. The third-order valence-corrected chi connectivity index (χ3v) is 5.84. The van der Waals surface area contributed by atoms with Gasteiger partial charge in [0.15, 0.2) is 0 Å². The standard InChI is InChI=1S/C23H36N2O4/c1-14(2)10-15-11-18(12-15)21-19(16-6-7-16)20(25-29-21)17(8-9-26)13-24-22(27)28-23(3,4)5/h9,14-18H,6-8,10-13H2,1-5H3,(H,24,27)/t15-,17-,18+/m1/s1. The van der Waals surface area contributed by atoms with Crippen LogP contribution in [-0.2, 0) is 9.53 Å². The smallest absolute Gasteiger partial charge is 0.407 e. The monoisotopic (exact) mass is 404 g/mol. The highest BCUT2D eigenvalue weighted by molar-refractivity contribution is 5.68. The summed E-state index contributed by atoms with van der Waals surface area (Å²) in [7, 11) is 0. The average Bonchev–Trinajstić information content (AvgIpc) is 3.32. The van der Waals surface area contributed by atoms with E-state index in [-0.39, 0.29) is 5.92 Å². The number of ether oxygens (including phenoxy) is 1. The second-order valence-corrected chi connectivity index (χ2v) is 10.3. The number of aromatic nitrogens is 1. The van der Waals surface area contributed by atoms with E-state index in [9.17, 15) is 9.59 Å². The van der Waals surface area contributed by atoms with Gasteiger partial charge in [-0.1, -0.05) is 19.0 Å². The van der Waals surface area contributed by atoms with Gasteiger partial charge in [-0.05, 0) is 70.6 Å². The van der Waals surface area contributed by atoms with Crippen molar-refractivity contribution >= 4 is 12.4 Å². The molecule has 3 rings (SSSR count). The van der Waals surface area contributed by atoms with Gasteiger partial charge < -0.3 is 19.4 Å². The molecule has 0 spiro atoms. The molecule has 1 aromatic heterocycles. The Morgan fingerprint density at radius 2 is 1.97 bits per heavy atom. The van der Waals surface area contributed by atoms with Crippen LogP contribution in [0.2, 0.25) is 0 Å². The van der Waals surface area contributed by atoms with Crippen LogP contribution in [0.5, 0.6) is 0 Å². The van der Waals surface area contributed by atoms with Crippen molar-refractivity contribution in [2.45, 2.75) is 96.5 Å². The summed E-state index contributed by atoms with van der Waals surface area (Å²) >= 11 is 0. The van der Waals surface area contributed by atoms with Crippen molar-refractivity contribution in [2.75, 3.05) is 6.54 Å². The molecule has 1 heterocycles. The Labute approximate surface area is 174 Å². The van der Waals surface area contributed by atoms with Gasteiger partial charge in [0.1, 0.15) is 17.6 Å². The zero-order valence-electron chi connectivity index (χ0n) is 18.5. The SMILES string of the molecule is CC(C)C[C@H]1C[C@@H](c2onc([C@H](CC=O)CNC(=O)OC(C)(C)C)c2C2CC2)C1. The van der Waals surface area contributed by atoms with E-state index in [0.29, 0.717) is 24.8 Å². The predicted octanol–water partition coefficient (Wildman–Crippen LogP) is 5.29. The third-order valence-electron chi connectivity index (χ3n) is 5.84. The van der Waals surface area contributed by atoms with E-state index in [2.05, 4.69) is 24.3 Å². The van der Waals surface area contributed by atoms with Crippen molar-refractivity contribution < 1.29 is 18.8 Å². The molecular formula is C23H36N2O4. The van der Waals surface area contributed by atoms with Crippen LogP contribution in [0.1, 0.15) is 108 Å². The number of carbonyl (C=O) groups is 2. The maximum atomic E-state index is 12.1. The minimum Gasteiger partial charge on any atom is -0.444 e. The number of carbonyl (C=O) groups excluding carboxylic acids is 2. The fourth-order valence-electron chi connectivity index (χ4n) is 4.43. The number of amides is 1. The summed E-state index contributed by atoms with van der Waals surface area (Å²) in [5.41, 5.74) is 1.52. The molecule has 2 aliphatic carbocycles. The Morgan fingerprint density at radius 1 is 1.28 bits per heavy atom. The van der Waals surface area contributed by atoms with E-state index in [0.717, 1.165) is 42.4 Å². The summed E-state index contributed by atoms with van der Waals surface area (Å²) in [6.07, 6.45) is 6.64. The first-order chi connectivity index (χ1) is 13.7. The van der Waals surface area contributed by atoms with Gasteiger partial charge in [-0.2, -0.15) is 0 Å². The molecule has 0 bridgehead atoms. The molecule has 0 unspecified atom stereocenters. The molecule has 162 valence electrons. The van der Waals surface area contributed by atoms with Crippen LogP contribution in [0.15, 0.2) is 4.52 Å². The van der Waals surface area contributed by atoms with Crippen LogP contribution >= 0.6 is 0 Å². The summed E-state index contributed by atoms with van der Waals surface area (Å²) in [5.74, 6) is 3.30. The van der Waals surface area contributed by atoms with Gasteiger partial charge in [-0.15, -0.1) is 0 Å². The van der Waals surface area contributed by atoms with E-state index >= 15 is 0 Å². The number of nitrogens with zero attached hydrogens (tertiary/aromatic N) is 1. The third kappa shape index (κ3) is 5.83. The lowest BCUT2D eigenvalue weighted by Gasteiger charge is -2.35. The van der Waals surface area contributed by atoms with Crippen molar-refractivity contribution in [3.05, 3.63) is 17.0 Å². The zero-order chi connectivity index (χ0) is 21.2. The maximum Gasteiger partial charge on any atom is 0.407 e. The molecule has 2 fully saturated rings. The first kappa shape index (κ1) is 21.8. The molecule has 0 saturated heterocycles. The van der Waals surface area contributed by atoms with E-state index in [1.807, 2.05) is 20.8 Å². The Bertz CT molecular complexity index is 709. The van der Waals surface area contributed by atoms with Crippen LogP contribution < -0.4 is 5.32 Å². The van der Waals surface area contributed by atoms with Crippen LogP contribution in [0.4, 0.5) is 4.79 Å². The molecule has 29 heavy (non-hydrogen) atoms. The van der Waals surface area contributed by atoms with Crippen molar-refractivity contribution in [2.24, 2.45) is 11.8 Å². The topological polar surface area (TPSA) is 81.4 Å². The number of aldehydes is 1. The second-order valence-electron chi connectivity index (χ2n) is 10.3. The summed E-state index contributed by atoms with van der Waals surface area (Å²) in [4.78, 5) is 23.4. The van der Waals surface area contributed by atoms with Gasteiger partial charge in [-0.25, -0.2) is 4.79 Å². The number of hydrogen-bond acceptors (Lipinski definition) is 5. The lowest BCUT2D eigenvalue weighted by molar-refractivity contribution is -0.108. The molecule has 1 atom stereocenters. The highest BCUT2D eigenvalue weighted by atomic mass is 16.6. The molecule has 0 aliphatic heterocycles. The largest absolute Gasteiger partial charge is 0.444 e. The van der Waals surface area contributed by atoms with Crippen molar-refractivity contribution in [3.8, 4) is 0 Å². The Kier molecular flexibility index (Phi) is 6.69.